The fraction of sp³-hybridized carbons (Fsp3) is 0.706. The second kappa shape index (κ2) is 12.0. The Labute approximate surface area is 244 Å². The molecule has 1 aromatic heterocycles. The lowest BCUT2D eigenvalue weighted by Crippen LogP contribution is -2.54. The number of benzene rings is 1. The first-order chi connectivity index (χ1) is 19.8. The summed E-state index contributed by atoms with van der Waals surface area (Å²) in [6.07, 6.45) is 17.6. The summed E-state index contributed by atoms with van der Waals surface area (Å²) < 4.78 is 1.49. The predicted octanol–water partition coefficient (Wildman–Crippen LogP) is 5.76. The van der Waals surface area contributed by atoms with Crippen LogP contribution in [0.4, 0.5) is 0 Å². The Morgan fingerprint density at radius 3 is 2.32 bits per heavy atom. The van der Waals surface area contributed by atoms with E-state index in [0.717, 1.165) is 49.1 Å². The topological polar surface area (TPSA) is 93.1 Å². The Hall–Kier alpha value is -2.54. The number of carbonyl (C=O) groups is 2. The maximum atomic E-state index is 13.6. The number of rotatable bonds is 12. The third-order valence-electron chi connectivity index (χ3n) is 11.0. The third-order valence-corrected chi connectivity index (χ3v) is 11.0. The Kier molecular flexibility index (Phi) is 8.35. The summed E-state index contributed by atoms with van der Waals surface area (Å²) in [7, 11) is 0. The van der Waals surface area contributed by atoms with E-state index in [1.807, 2.05) is 18.2 Å². The minimum Gasteiger partial charge on any atom is -0.314 e. The standard InChI is InChI=1S/C34H48N4O3/c1-22(34-19-24-16-25(20-34)18-26(17-24)21-34)35-15-8-6-4-3-5-7-10-27-11-9-12-28-31(27)33(41)38(23(2)36-28)29-13-14-30(39)37-32(29)40/h9,11-12,22,24-26,29,35H,3-8,10,13-21H2,1-2H3,(H,37,39,40)/t22-,24?,25?,26?,29-,34?/m0/s1. The number of imide groups is 1. The first-order valence-corrected chi connectivity index (χ1v) is 16.4. The normalized spacial score (nSPS) is 29.7. The number of nitrogens with zero attached hydrogens (tertiary/aromatic N) is 2. The summed E-state index contributed by atoms with van der Waals surface area (Å²) in [6, 6.07) is 5.84. The third kappa shape index (κ3) is 5.89. The van der Waals surface area contributed by atoms with Crippen molar-refractivity contribution in [3.8, 4) is 0 Å². The molecule has 4 aliphatic carbocycles. The number of nitrogens with one attached hydrogen (secondary N) is 2. The zero-order valence-electron chi connectivity index (χ0n) is 25.1. The highest BCUT2D eigenvalue weighted by Crippen LogP contribution is 2.61. The highest BCUT2D eigenvalue weighted by molar-refractivity contribution is 5.99. The van der Waals surface area contributed by atoms with Gasteiger partial charge in [-0.25, -0.2) is 4.98 Å². The van der Waals surface area contributed by atoms with Crippen LogP contribution in [-0.2, 0) is 16.0 Å². The molecule has 1 saturated heterocycles. The number of aromatic nitrogens is 2. The molecule has 0 unspecified atom stereocenters. The highest BCUT2D eigenvalue weighted by Gasteiger charge is 2.52. The van der Waals surface area contributed by atoms with Gasteiger partial charge in [-0.1, -0.05) is 37.8 Å². The maximum Gasteiger partial charge on any atom is 0.262 e. The molecule has 2 aromatic rings. The molecule has 4 saturated carbocycles. The lowest BCUT2D eigenvalue weighted by Gasteiger charge is -2.59. The number of piperidine rings is 1. The van der Waals surface area contributed by atoms with E-state index in [1.54, 1.807) is 6.92 Å². The fourth-order valence-electron chi connectivity index (χ4n) is 9.32. The molecule has 2 atom stereocenters. The molecule has 222 valence electrons. The quantitative estimate of drug-likeness (QED) is 0.254. The molecule has 4 bridgehead atoms. The van der Waals surface area contributed by atoms with Gasteiger partial charge < -0.3 is 5.32 Å². The number of fused-ring (bicyclic) bond motifs is 1. The van der Waals surface area contributed by atoms with Crippen LogP contribution in [-0.4, -0.2) is 34.0 Å². The Morgan fingerprint density at radius 2 is 1.63 bits per heavy atom. The number of amides is 2. The van der Waals surface area contributed by atoms with Gasteiger partial charge in [0.05, 0.1) is 10.9 Å². The van der Waals surface area contributed by atoms with E-state index in [4.69, 9.17) is 0 Å². The van der Waals surface area contributed by atoms with E-state index in [0.29, 0.717) is 34.6 Å². The van der Waals surface area contributed by atoms with Gasteiger partial charge in [0.25, 0.3) is 5.56 Å². The van der Waals surface area contributed by atoms with Gasteiger partial charge in [-0.15, -0.1) is 0 Å². The number of unbranched alkanes of at least 4 members (excludes halogenated alkanes) is 5. The van der Waals surface area contributed by atoms with Crippen molar-refractivity contribution < 1.29 is 9.59 Å². The van der Waals surface area contributed by atoms with E-state index < -0.39 is 11.9 Å². The molecule has 7 nitrogen and oxygen atoms in total. The molecule has 0 spiro atoms. The molecule has 7 heteroatoms. The van der Waals surface area contributed by atoms with Crippen molar-refractivity contribution in [2.75, 3.05) is 6.54 Å². The molecule has 41 heavy (non-hydrogen) atoms. The number of carbonyl (C=O) groups excluding carboxylic acids is 2. The molecule has 1 aliphatic heterocycles. The van der Waals surface area contributed by atoms with Crippen LogP contribution in [0.3, 0.4) is 0 Å². The van der Waals surface area contributed by atoms with Gasteiger partial charge in [0.15, 0.2) is 0 Å². The van der Waals surface area contributed by atoms with Gasteiger partial charge in [0.1, 0.15) is 11.9 Å². The Bertz CT molecular complexity index is 1310. The summed E-state index contributed by atoms with van der Waals surface area (Å²) in [4.78, 5) is 42.4. The van der Waals surface area contributed by atoms with Crippen LogP contribution in [0.1, 0.15) is 114 Å². The zero-order chi connectivity index (χ0) is 28.6. The largest absolute Gasteiger partial charge is 0.314 e. The summed E-state index contributed by atoms with van der Waals surface area (Å²) in [5.41, 5.74) is 2.11. The Balaban J connectivity index is 0.951. The van der Waals surface area contributed by atoms with Crippen molar-refractivity contribution in [3.63, 3.8) is 0 Å². The summed E-state index contributed by atoms with van der Waals surface area (Å²) in [5.74, 6) is 2.87. The van der Waals surface area contributed by atoms with E-state index >= 15 is 0 Å². The molecule has 7 rings (SSSR count). The van der Waals surface area contributed by atoms with Crippen molar-refractivity contribution in [3.05, 3.63) is 39.9 Å². The summed E-state index contributed by atoms with van der Waals surface area (Å²) >= 11 is 0. The second-order valence-corrected chi connectivity index (χ2v) is 13.9. The fourth-order valence-corrected chi connectivity index (χ4v) is 9.32. The van der Waals surface area contributed by atoms with Gasteiger partial charge >= 0.3 is 0 Å². The lowest BCUT2D eigenvalue weighted by atomic mass is 9.48. The summed E-state index contributed by atoms with van der Waals surface area (Å²) in [5, 5.41) is 6.93. The molecule has 1 aromatic carbocycles. The first-order valence-electron chi connectivity index (χ1n) is 16.4. The van der Waals surface area contributed by atoms with Crippen LogP contribution in [0, 0.1) is 30.1 Å². The molecule has 0 radical (unpaired) electrons. The smallest absolute Gasteiger partial charge is 0.262 e. The van der Waals surface area contributed by atoms with Crippen molar-refractivity contribution in [1.82, 2.24) is 20.2 Å². The molecule has 5 fully saturated rings. The molecule has 2 heterocycles. The monoisotopic (exact) mass is 560 g/mol. The molecule has 5 aliphatic rings. The lowest BCUT2D eigenvalue weighted by molar-refractivity contribution is -0.135. The van der Waals surface area contributed by atoms with Crippen LogP contribution < -0.4 is 16.2 Å². The van der Waals surface area contributed by atoms with Gasteiger partial charge in [0, 0.05) is 12.5 Å². The maximum absolute atomic E-state index is 13.6. The van der Waals surface area contributed by atoms with Gasteiger partial charge in [-0.2, -0.15) is 0 Å². The van der Waals surface area contributed by atoms with Crippen LogP contribution in [0.15, 0.2) is 23.0 Å². The highest BCUT2D eigenvalue weighted by atomic mass is 16.2. The van der Waals surface area contributed by atoms with E-state index in [9.17, 15) is 14.4 Å². The molecule has 2 amide bonds. The minimum absolute atomic E-state index is 0.173. The average Bonchev–Trinajstić information content (AvgIpc) is 2.92. The predicted molar refractivity (Wildman–Crippen MR) is 162 cm³/mol. The van der Waals surface area contributed by atoms with Crippen LogP contribution >= 0.6 is 0 Å². The minimum atomic E-state index is -0.685. The summed E-state index contributed by atoms with van der Waals surface area (Å²) in [6.45, 7) is 5.37. The van der Waals surface area contributed by atoms with E-state index in [2.05, 4.69) is 22.5 Å². The number of hydrogen-bond donors (Lipinski definition) is 2. The first kappa shape index (κ1) is 28.6. The van der Waals surface area contributed by atoms with Gasteiger partial charge in [0.2, 0.25) is 11.8 Å². The molecular formula is C34H48N4O3. The van der Waals surface area contributed by atoms with Crippen molar-refractivity contribution in [1.29, 1.82) is 0 Å². The van der Waals surface area contributed by atoms with Gasteiger partial charge in [-0.05, 0) is 119 Å². The SMILES string of the molecule is Cc1nc2cccc(CCCCCCCCN[C@@H](C)C34CC5CC(CC(C5)C3)C4)c2c(=O)n1[C@H]1CCC(=O)NC1=O. The van der Waals surface area contributed by atoms with Crippen LogP contribution in [0.25, 0.3) is 10.9 Å². The number of hydrogen-bond acceptors (Lipinski definition) is 5. The van der Waals surface area contributed by atoms with Crippen molar-refractivity contribution >= 4 is 22.7 Å². The van der Waals surface area contributed by atoms with E-state index in [-0.39, 0.29) is 17.9 Å². The van der Waals surface area contributed by atoms with Crippen LogP contribution in [0.5, 0.6) is 0 Å². The van der Waals surface area contributed by atoms with E-state index in [1.165, 1.54) is 68.8 Å². The molecule has 2 N–H and O–H groups in total. The Morgan fingerprint density at radius 1 is 0.976 bits per heavy atom. The van der Waals surface area contributed by atoms with Crippen LogP contribution in [0.2, 0.25) is 0 Å². The second-order valence-electron chi connectivity index (χ2n) is 13.9. The van der Waals surface area contributed by atoms with Crippen molar-refractivity contribution in [2.24, 2.45) is 23.2 Å². The average molecular weight is 561 g/mol. The number of aryl methyl sites for hydroxylation is 2. The molecular weight excluding hydrogens is 512 g/mol. The zero-order valence-corrected chi connectivity index (χ0v) is 25.1. The van der Waals surface area contributed by atoms with Gasteiger partial charge in [-0.3, -0.25) is 24.3 Å². The van der Waals surface area contributed by atoms with Crippen molar-refractivity contribution in [2.45, 2.75) is 122 Å².